The minimum absolute atomic E-state index is 0.223. The number of benzene rings is 1. The van der Waals surface area contributed by atoms with Crippen molar-refractivity contribution in [2.45, 2.75) is 26.3 Å². The Kier molecular flexibility index (Phi) is 5.34. The van der Waals surface area contributed by atoms with Gasteiger partial charge in [0.2, 0.25) is 0 Å². The Hall–Kier alpha value is -3.88. The van der Waals surface area contributed by atoms with Crippen LogP contribution in [0.3, 0.4) is 0 Å². The maximum absolute atomic E-state index is 13.1. The van der Waals surface area contributed by atoms with E-state index < -0.39 is 0 Å². The summed E-state index contributed by atoms with van der Waals surface area (Å²) in [5.41, 5.74) is 1.65. The number of rotatable bonds is 6. The smallest absolute Gasteiger partial charge is 0.271 e. The number of imidazole rings is 1. The molecule has 0 saturated heterocycles. The lowest BCUT2D eigenvalue weighted by molar-refractivity contribution is 0.0935. The average Bonchev–Trinajstić information content (AvgIpc) is 3.44. The molecule has 8 nitrogen and oxygen atoms in total. The Morgan fingerprint density at radius 3 is 2.77 bits per heavy atom. The summed E-state index contributed by atoms with van der Waals surface area (Å²) >= 11 is 0. The second kappa shape index (κ2) is 8.24. The summed E-state index contributed by atoms with van der Waals surface area (Å²) in [5.74, 6) is 0.783. The van der Waals surface area contributed by atoms with Crippen LogP contribution in [0.4, 0.5) is 4.39 Å². The molecule has 0 unspecified atom stereocenters. The molecule has 3 heterocycles. The molecule has 0 bridgehead atoms. The molecule has 0 fully saturated rings. The molecule has 0 aliphatic rings. The van der Waals surface area contributed by atoms with Gasteiger partial charge in [0.1, 0.15) is 17.8 Å². The summed E-state index contributed by atoms with van der Waals surface area (Å²) in [4.78, 5) is 25.5. The zero-order chi connectivity index (χ0) is 21.1. The van der Waals surface area contributed by atoms with Crippen LogP contribution < -0.4 is 5.32 Å². The molecule has 1 aromatic carbocycles. The molecular formula is C21H19FN6O2. The lowest BCUT2D eigenvalue weighted by Gasteiger charge is -2.13. The molecule has 0 saturated carbocycles. The maximum atomic E-state index is 13.1. The highest BCUT2D eigenvalue weighted by Gasteiger charge is 2.18. The number of aryl methyl sites for hydroxylation is 1. The van der Waals surface area contributed by atoms with Crippen molar-refractivity contribution < 1.29 is 13.7 Å². The van der Waals surface area contributed by atoms with Crippen LogP contribution in [0.1, 0.15) is 41.8 Å². The number of nitrogens with zero attached hydrogens (tertiary/aromatic N) is 5. The number of carbonyl (C=O) groups excluding carboxylic acids is 1. The van der Waals surface area contributed by atoms with Crippen LogP contribution in [-0.2, 0) is 6.42 Å². The van der Waals surface area contributed by atoms with Crippen LogP contribution in [0.25, 0.3) is 17.3 Å². The van der Waals surface area contributed by atoms with E-state index in [1.165, 1.54) is 18.5 Å². The monoisotopic (exact) mass is 406 g/mol. The largest absolute Gasteiger partial charge is 0.344 e. The van der Waals surface area contributed by atoms with Gasteiger partial charge in [-0.15, -0.1) is 0 Å². The van der Waals surface area contributed by atoms with Crippen molar-refractivity contribution in [1.29, 1.82) is 0 Å². The number of aromatic nitrogens is 5. The summed E-state index contributed by atoms with van der Waals surface area (Å²) in [6.07, 6.45) is 5.36. The van der Waals surface area contributed by atoms with Crippen molar-refractivity contribution in [3.8, 4) is 17.3 Å². The molecule has 0 aliphatic heterocycles. The zero-order valence-electron chi connectivity index (χ0n) is 16.4. The highest BCUT2D eigenvalue weighted by atomic mass is 19.1. The highest BCUT2D eigenvalue weighted by molar-refractivity contribution is 5.92. The van der Waals surface area contributed by atoms with Crippen molar-refractivity contribution in [2.24, 2.45) is 0 Å². The summed E-state index contributed by atoms with van der Waals surface area (Å²) < 4.78 is 20.1. The van der Waals surface area contributed by atoms with Crippen LogP contribution in [0, 0.1) is 5.82 Å². The Bertz CT molecular complexity index is 1170. The normalized spacial score (nSPS) is 12.0. The Labute approximate surface area is 171 Å². The van der Waals surface area contributed by atoms with Gasteiger partial charge < -0.3 is 9.84 Å². The molecule has 1 N–H and O–H groups in total. The number of amides is 1. The van der Waals surface area contributed by atoms with Gasteiger partial charge in [-0.3, -0.25) is 9.36 Å². The van der Waals surface area contributed by atoms with Crippen molar-refractivity contribution >= 4 is 5.91 Å². The topological polar surface area (TPSA) is 98.7 Å². The van der Waals surface area contributed by atoms with Crippen LogP contribution in [0.15, 0.2) is 59.6 Å². The van der Waals surface area contributed by atoms with Gasteiger partial charge in [0.05, 0.1) is 11.6 Å². The Morgan fingerprint density at radius 1 is 1.23 bits per heavy atom. The number of hydrogen-bond acceptors (Lipinski definition) is 6. The van der Waals surface area contributed by atoms with E-state index in [1.54, 1.807) is 35.2 Å². The molecule has 4 aromatic rings. The molecule has 4 rings (SSSR count). The van der Waals surface area contributed by atoms with Gasteiger partial charge in [-0.2, -0.15) is 4.98 Å². The lowest BCUT2D eigenvalue weighted by Crippen LogP contribution is -2.26. The van der Waals surface area contributed by atoms with Gasteiger partial charge in [-0.25, -0.2) is 14.4 Å². The number of carbonyl (C=O) groups is 1. The number of hydrogen-bond donors (Lipinski definition) is 1. The predicted octanol–water partition coefficient (Wildman–Crippen LogP) is 3.51. The maximum Gasteiger partial charge on any atom is 0.271 e. The molecule has 30 heavy (non-hydrogen) atoms. The SMILES string of the molecule is CCc1noc(-c2cccnc2-n2cnc(C(=O)N[C@H](C)c3ccc(F)cc3)c2)n1. The van der Waals surface area contributed by atoms with E-state index >= 15 is 0 Å². The van der Waals surface area contributed by atoms with Crippen LogP contribution in [0.5, 0.6) is 0 Å². The van der Waals surface area contributed by atoms with Gasteiger partial charge >= 0.3 is 0 Å². The van der Waals surface area contributed by atoms with Crippen LogP contribution >= 0.6 is 0 Å². The predicted molar refractivity (Wildman–Crippen MR) is 106 cm³/mol. The van der Waals surface area contributed by atoms with Gasteiger partial charge in [-0.1, -0.05) is 24.2 Å². The van der Waals surface area contributed by atoms with Crippen molar-refractivity contribution in [3.63, 3.8) is 0 Å². The minimum atomic E-state index is -0.353. The van der Waals surface area contributed by atoms with Crippen molar-refractivity contribution in [2.75, 3.05) is 0 Å². The lowest BCUT2D eigenvalue weighted by atomic mass is 10.1. The third-order valence-electron chi connectivity index (χ3n) is 4.58. The van der Waals surface area contributed by atoms with Crippen molar-refractivity contribution in [1.82, 2.24) is 30.0 Å². The van der Waals surface area contributed by atoms with E-state index in [0.717, 1.165) is 5.56 Å². The van der Waals surface area contributed by atoms with Crippen LogP contribution in [0.2, 0.25) is 0 Å². The first kappa shape index (κ1) is 19.4. The third kappa shape index (κ3) is 3.95. The Morgan fingerprint density at radius 2 is 2.03 bits per heavy atom. The highest BCUT2D eigenvalue weighted by Crippen LogP contribution is 2.24. The van der Waals surface area contributed by atoms with E-state index in [4.69, 9.17) is 4.52 Å². The molecule has 1 amide bonds. The fourth-order valence-electron chi connectivity index (χ4n) is 2.94. The van der Waals surface area contributed by atoms with E-state index in [9.17, 15) is 9.18 Å². The molecular weight excluding hydrogens is 387 g/mol. The Balaban J connectivity index is 1.56. The molecule has 1 atom stereocenters. The standard InChI is InChI=1S/C21H19FN6O2/c1-3-18-26-21(30-27-18)16-5-4-10-23-19(16)28-11-17(24-12-28)20(29)25-13(2)14-6-8-15(22)9-7-14/h4-13H,3H2,1-2H3,(H,25,29)/t13-/m1/s1. The summed E-state index contributed by atoms with van der Waals surface area (Å²) in [7, 11) is 0. The zero-order valence-corrected chi connectivity index (χ0v) is 16.4. The van der Waals surface area contributed by atoms with Gasteiger partial charge in [0, 0.05) is 18.8 Å². The number of nitrogens with one attached hydrogen (secondary N) is 1. The summed E-state index contributed by atoms with van der Waals surface area (Å²) in [6.45, 7) is 3.76. The fraction of sp³-hybridized carbons (Fsp3) is 0.190. The number of pyridine rings is 1. The van der Waals surface area contributed by atoms with Gasteiger partial charge in [0.25, 0.3) is 11.8 Å². The van der Waals surface area contributed by atoms with Crippen LogP contribution in [-0.4, -0.2) is 30.6 Å². The third-order valence-corrected chi connectivity index (χ3v) is 4.58. The average molecular weight is 406 g/mol. The molecule has 152 valence electrons. The molecule has 0 radical (unpaired) electrons. The van der Waals surface area contributed by atoms with Crippen molar-refractivity contribution in [3.05, 3.63) is 78.0 Å². The molecule has 0 spiro atoms. The molecule has 9 heteroatoms. The summed E-state index contributed by atoms with van der Waals surface area (Å²) in [5, 5.41) is 6.78. The van der Waals surface area contributed by atoms with E-state index in [0.29, 0.717) is 29.5 Å². The second-order valence-corrected chi connectivity index (χ2v) is 6.66. The van der Waals surface area contributed by atoms with E-state index in [2.05, 4.69) is 25.4 Å². The summed E-state index contributed by atoms with van der Waals surface area (Å²) in [6, 6.07) is 9.25. The quantitative estimate of drug-likeness (QED) is 0.526. The molecule has 0 aliphatic carbocycles. The fourth-order valence-corrected chi connectivity index (χ4v) is 2.94. The first-order chi connectivity index (χ1) is 14.5. The van der Waals surface area contributed by atoms with E-state index in [1.807, 2.05) is 19.9 Å². The minimum Gasteiger partial charge on any atom is -0.344 e. The molecule has 3 aromatic heterocycles. The second-order valence-electron chi connectivity index (χ2n) is 6.66. The van der Waals surface area contributed by atoms with Gasteiger partial charge in [0.15, 0.2) is 11.6 Å². The first-order valence-electron chi connectivity index (χ1n) is 9.43. The van der Waals surface area contributed by atoms with Gasteiger partial charge in [-0.05, 0) is 36.8 Å². The number of halogens is 1. The van der Waals surface area contributed by atoms with E-state index in [-0.39, 0.29) is 23.5 Å². The first-order valence-corrected chi connectivity index (χ1v) is 9.43.